The molecule has 0 aliphatic rings. The van der Waals surface area contributed by atoms with Crippen molar-refractivity contribution in [3.63, 3.8) is 0 Å². The molecule has 0 aliphatic carbocycles. The summed E-state index contributed by atoms with van der Waals surface area (Å²) in [5, 5.41) is 0. The highest BCUT2D eigenvalue weighted by Gasteiger charge is 2.21. The van der Waals surface area contributed by atoms with Crippen LogP contribution in [0.1, 0.15) is 27.9 Å². The summed E-state index contributed by atoms with van der Waals surface area (Å²) in [6, 6.07) is 19.6. The Hall–Kier alpha value is -3.34. The summed E-state index contributed by atoms with van der Waals surface area (Å²) in [4.78, 5) is 28.9. The predicted molar refractivity (Wildman–Crippen MR) is 94.6 cm³/mol. The van der Waals surface area contributed by atoms with Crippen LogP contribution in [0, 0.1) is 0 Å². The molecule has 3 N–H and O–H groups in total. The third-order valence-electron chi connectivity index (χ3n) is 3.66. The number of carbonyl (C=O) groups is 2. The van der Waals surface area contributed by atoms with E-state index >= 15 is 0 Å². The fourth-order valence-electron chi connectivity index (χ4n) is 2.43. The van der Waals surface area contributed by atoms with Gasteiger partial charge in [-0.05, 0) is 48.5 Å². The van der Waals surface area contributed by atoms with Gasteiger partial charge in [0.15, 0.2) is 5.78 Å². The molecule has 0 saturated carbocycles. The van der Waals surface area contributed by atoms with Gasteiger partial charge in [-0.3, -0.25) is 14.5 Å². The number of benzene rings is 2. The number of ketones is 1. The van der Waals surface area contributed by atoms with Crippen molar-refractivity contribution in [3.05, 3.63) is 78.1 Å². The molecule has 3 aromatic rings. The standard InChI is InChI=1S/C19H17N3O2/c1-13(23)17-11-12-18(21-17)19(24)22(15-5-3-2-4-6-15)16-9-7-14(20)8-10-16/h2-12,21H,20H2,1H3. The Morgan fingerprint density at radius 1 is 0.833 bits per heavy atom. The molecule has 5 heteroatoms. The number of nitrogen functional groups attached to an aromatic ring is 1. The van der Waals surface area contributed by atoms with Crippen LogP contribution in [-0.2, 0) is 0 Å². The lowest BCUT2D eigenvalue weighted by Crippen LogP contribution is -2.26. The Morgan fingerprint density at radius 2 is 1.42 bits per heavy atom. The van der Waals surface area contributed by atoms with Gasteiger partial charge in [0, 0.05) is 24.0 Å². The Balaban J connectivity index is 2.05. The van der Waals surface area contributed by atoms with E-state index in [-0.39, 0.29) is 11.7 Å². The highest BCUT2D eigenvalue weighted by Crippen LogP contribution is 2.28. The summed E-state index contributed by atoms with van der Waals surface area (Å²) >= 11 is 0. The lowest BCUT2D eigenvalue weighted by Gasteiger charge is -2.22. The van der Waals surface area contributed by atoms with Gasteiger partial charge in [-0.25, -0.2) is 0 Å². The molecule has 24 heavy (non-hydrogen) atoms. The largest absolute Gasteiger partial charge is 0.399 e. The van der Waals surface area contributed by atoms with Gasteiger partial charge in [0.1, 0.15) is 5.69 Å². The Morgan fingerprint density at radius 3 is 2.00 bits per heavy atom. The molecular formula is C19H17N3O2. The predicted octanol–water partition coefficient (Wildman–Crippen LogP) is 3.78. The van der Waals surface area contributed by atoms with E-state index in [1.54, 1.807) is 41.3 Å². The quantitative estimate of drug-likeness (QED) is 0.567. The number of rotatable bonds is 4. The minimum absolute atomic E-state index is 0.118. The molecule has 0 aliphatic heterocycles. The summed E-state index contributed by atoms with van der Waals surface area (Å²) in [7, 11) is 0. The second-order valence-corrected chi connectivity index (χ2v) is 5.41. The van der Waals surface area contributed by atoms with Crippen LogP contribution >= 0.6 is 0 Å². The normalized spacial score (nSPS) is 10.4. The number of hydrogen-bond donors (Lipinski definition) is 2. The second-order valence-electron chi connectivity index (χ2n) is 5.41. The van der Waals surface area contributed by atoms with Gasteiger partial charge < -0.3 is 10.7 Å². The number of amides is 1. The van der Waals surface area contributed by atoms with Crippen LogP contribution in [0.15, 0.2) is 66.7 Å². The lowest BCUT2D eigenvalue weighted by molar-refractivity contribution is 0.0995. The molecule has 0 radical (unpaired) electrons. The number of nitrogens with one attached hydrogen (secondary N) is 1. The number of anilines is 3. The van der Waals surface area contributed by atoms with E-state index in [2.05, 4.69) is 4.98 Å². The van der Waals surface area contributed by atoms with Crippen LogP contribution in [0.25, 0.3) is 0 Å². The smallest absolute Gasteiger partial charge is 0.279 e. The van der Waals surface area contributed by atoms with Crippen molar-refractivity contribution in [2.45, 2.75) is 6.92 Å². The van der Waals surface area contributed by atoms with E-state index < -0.39 is 0 Å². The zero-order valence-corrected chi connectivity index (χ0v) is 13.2. The number of para-hydroxylation sites is 1. The number of Topliss-reactive ketones (excluding diaryl/α,β-unsaturated/α-hetero) is 1. The van der Waals surface area contributed by atoms with Gasteiger partial charge in [0.2, 0.25) is 0 Å². The minimum atomic E-state index is -0.251. The van der Waals surface area contributed by atoms with E-state index in [9.17, 15) is 9.59 Å². The molecule has 1 aromatic heterocycles. The molecule has 0 unspecified atom stereocenters. The minimum Gasteiger partial charge on any atom is -0.399 e. The second kappa shape index (κ2) is 6.42. The first kappa shape index (κ1) is 15.6. The van der Waals surface area contributed by atoms with Crippen LogP contribution in [0.4, 0.5) is 17.1 Å². The molecule has 0 bridgehead atoms. The average Bonchev–Trinajstić information content (AvgIpc) is 3.08. The van der Waals surface area contributed by atoms with Gasteiger partial charge in [0.05, 0.1) is 5.69 Å². The maximum Gasteiger partial charge on any atom is 0.279 e. The lowest BCUT2D eigenvalue weighted by atomic mass is 10.2. The maximum atomic E-state index is 13.0. The van der Waals surface area contributed by atoms with Crippen molar-refractivity contribution < 1.29 is 9.59 Å². The summed E-state index contributed by atoms with van der Waals surface area (Å²) in [5.74, 6) is -0.369. The van der Waals surface area contributed by atoms with E-state index in [0.717, 1.165) is 5.69 Å². The molecule has 5 nitrogen and oxygen atoms in total. The molecule has 0 fully saturated rings. The van der Waals surface area contributed by atoms with Crippen molar-refractivity contribution in [1.29, 1.82) is 0 Å². The highest BCUT2D eigenvalue weighted by atomic mass is 16.2. The highest BCUT2D eigenvalue weighted by molar-refractivity contribution is 6.10. The maximum absolute atomic E-state index is 13.0. The first-order chi connectivity index (χ1) is 11.6. The Kier molecular flexibility index (Phi) is 4.16. The SMILES string of the molecule is CC(=O)c1ccc(C(=O)N(c2ccccc2)c2ccc(N)cc2)[nH]1. The number of nitrogens with two attached hydrogens (primary N) is 1. The fraction of sp³-hybridized carbons (Fsp3) is 0.0526. The Bertz CT molecular complexity index is 867. The zero-order chi connectivity index (χ0) is 17.1. The molecule has 120 valence electrons. The number of aromatic amines is 1. The van der Waals surface area contributed by atoms with Crippen LogP contribution in [0.3, 0.4) is 0 Å². The van der Waals surface area contributed by atoms with Crippen molar-refractivity contribution in [1.82, 2.24) is 4.98 Å². The molecule has 0 saturated heterocycles. The monoisotopic (exact) mass is 319 g/mol. The van der Waals surface area contributed by atoms with Gasteiger partial charge in [-0.15, -0.1) is 0 Å². The summed E-state index contributed by atoms with van der Waals surface area (Å²) < 4.78 is 0. The molecular weight excluding hydrogens is 302 g/mol. The molecule has 2 aromatic carbocycles. The molecule has 3 rings (SSSR count). The first-order valence-electron chi connectivity index (χ1n) is 7.51. The van der Waals surface area contributed by atoms with Crippen molar-refractivity contribution >= 4 is 28.8 Å². The Labute approximate surface area is 139 Å². The third-order valence-corrected chi connectivity index (χ3v) is 3.66. The number of aromatic nitrogens is 1. The van der Waals surface area contributed by atoms with Gasteiger partial charge >= 0.3 is 0 Å². The average molecular weight is 319 g/mol. The van der Waals surface area contributed by atoms with Crippen molar-refractivity contribution in [2.75, 3.05) is 10.6 Å². The fourth-order valence-corrected chi connectivity index (χ4v) is 2.43. The molecule has 0 atom stereocenters. The van der Waals surface area contributed by atoms with Gasteiger partial charge in [-0.2, -0.15) is 0 Å². The molecule has 1 amide bonds. The summed E-state index contributed by atoms with van der Waals surface area (Å²) in [6.07, 6.45) is 0. The van der Waals surface area contributed by atoms with Gasteiger partial charge in [0.25, 0.3) is 5.91 Å². The van der Waals surface area contributed by atoms with Crippen LogP contribution in [-0.4, -0.2) is 16.7 Å². The molecule has 1 heterocycles. The number of hydrogen-bond acceptors (Lipinski definition) is 3. The van der Waals surface area contributed by atoms with E-state index in [1.807, 2.05) is 30.3 Å². The molecule has 0 spiro atoms. The number of carbonyl (C=O) groups excluding carboxylic acids is 2. The first-order valence-corrected chi connectivity index (χ1v) is 7.51. The van der Waals surface area contributed by atoms with E-state index in [0.29, 0.717) is 22.8 Å². The van der Waals surface area contributed by atoms with E-state index in [4.69, 9.17) is 5.73 Å². The van der Waals surface area contributed by atoms with Crippen LogP contribution in [0.5, 0.6) is 0 Å². The van der Waals surface area contributed by atoms with Crippen molar-refractivity contribution in [3.8, 4) is 0 Å². The number of nitrogens with zero attached hydrogens (tertiary/aromatic N) is 1. The number of H-pyrrole nitrogens is 1. The van der Waals surface area contributed by atoms with Gasteiger partial charge in [-0.1, -0.05) is 18.2 Å². The summed E-state index contributed by atoms with van der Waals surface area (Å²) in [6.45, 7) is 1.45. The van der Waals surface area contributed by atoms with Crippen molar-refractivity contribution in [2.24, 2.45) is 0 Å². The van der Waals surface area contributed by atoms with Crippen LogP contribution < -0.4 is 10.6 Å². The van der Waals surface area contributed by atoms with Crippen LogP contribution in [0.2, 0.25) is 0 Å². The third kappa shape index (κ3) is 3.05. The zero-order valence-electron chi connectivity index (χ0n) is 13.2. The summed E-state index contributed by atoms with van der Waals surface area (Å²) in [5.41, 5.74) is 8.54. The topological polar surface area (TPSA) is 79.2 Å². The van der Waals surface area contributed by atoms with E-state index in [1.165, 1.54) is 6.92 Å².